The molecule has 1 heteroatoms. The van der Waals surface area contributed by atoms with Gasteiger partial charge in [-0.3, -0.25) is 0 Å². The van der Waals surface area contributed by atoms with E-state index in [1.165, 1.54) is 43.2 Å². The molecule has 2 unspecified atom stereocenters. The highest BCUT2D eigenvalue weighted by molar-refractivity contribution is 5.72. The fourth-order valence-electron chi connectivity index (χ4n) is 6.09. The highest BCUT2D eigenvalue weighted by atomic mass is 16.5. The Hall–Kier alpha value is -1.24. The Morgan fingerprint density at radius 3 is 2.48 bits per heavy atom. The molecule has 0 aliphatic heterocycles. The number of hydrogen-bond acceptors (Lipinski definition) is 1. The topological polar surface area (TPSA) is 9.23 Å². The highest BCUT2D eigenvalue weighted by Crippen LogP contribution is 2.58. The maximum atomic E-state index is 5.91. The Kier molecular flexibility index (Phi) is 4.58. The second-order valence-corrected chi connectivity index (χ2v) is 9.68. The van der Waals surface area contributed by atoms with Gasteiger partial charge in [-0.25, -0.2) is 0 Å². The lowest BCUT2D eigenvalue weighted by atomic mass is 9.50. The SMILES string of the molecule is C=C(C)c1cc2c(c(C(C)C)c1OC)CCC1C(C)(C)CCCC21C. The first-order valence-corrected chi connectivity index (χ1v) is 10.0. The van der Waals surface area contributed by atoms with Crippen molar-refractivity contribution < 1.29 is 4.74 Å². The third-order valence-electron chi connectivity index (χ3n) is 7.20. The van der Waals surface area contributed by atoms with Gasteiger partial charge in [0, 0.05) is 11.1 Å². The van der Waals surface area contributed by atoms with Crippen LogP contribution in [-0.4, -0.2) is 7.11 Å². The Morgan fingerprint density at radius 1 is 1.24 bits per heavy atom. The summed E-state index contributed by atoms with van der Waals surface area (Å²) in [7, 11) is 1.82. The van der Waals surface area contributed by atoms with Gasteiger partial charge in [0.05, 0.1) is 7.11 Å². The van der Waals surface area contributed by atoms with Crippen molar-refractivity contribution in [3.05, 3.63) is 34.9 Å². The van der Waals surface area contributed by atoms with Crippen molar-refractivity contribution in [1.29, 1.82) is 0 Å². The predicted molar refractivity (Wildman–Crippen MR) is 109 cm³/mol. The van der Waals surface area contributed by atoms with Crippen molar-refractivity contribution in [3.63, 3.8) is 0 Å². The van der Waals surface area contributed by atoms with Crippen molar-refractivity contribution in [1.82, 2.24) is 0 Å². The monoisotopic (exact) mass is 340 g/mol. The van der Waals surface area contributed by atoms with Gasteiger partial charge in [-0.1, -0.05) is 47.6 Å². The number of benzene rings is 1. The van der Waals surface area contributed by atoms with Gasteiger partial charge >= 0.3 is 0 Å². The van der Waals surface area contributed by atoms with Gasteiger partial charge in [0.1, 0.15) is 5.75 Å². The summed E-state index contributed by atoms with van der Waals surface area (Å²) in [6.45, 7) is 18.5. The molecule has 138 valence electrons. The molecule has 3 rings (SSSR count). The van der Waals surface area contributed by atoms with E-state index in [-0.39, 0.29) is 5.41 Å². The minimum atomic E-state index is 0.287. The van der Waals surface area contributed by atoms with Crippen LogP contribution in [0.1, 0.15) is 95.4 Å². The lowest BCUT2D eigenvalue weighted by Gasteiger charge is -2.55. The van der Waals surface area contributed by atoms with Gasteiger partial charge in [-0.05, 0) is 78.0 Å². The number of ether oxygens (including phenoxy) is 1. The maximum Gasteiger partial charge on any atom is 0.130 e. The number of fused-ring (bicyclic) bond motifs is 3. The molecule has 0 spiro atoms. The predicted octanol–water partition coefficient (Wildman–Crippen LogP) is 6.88. The van der Waals surface area contributed by atoms with Crippen molar-refractivity contribution in [2.24, 2.45) is 11.3 Å². The van der Waals surface area contributed by atoms with Gasteiger partial charge in [-0.15, -0.1) is 0 Å². The van der Waals surface area contributed by atoms with E-state index in [1.807, 2.05) is 7.11 Å². The Labute approximate surface area is 154 Å². The minimum absolute atomic E-state index is 0.287. The van der Waals surface area contributed by atoms with Gasteiger partial charge < -0.3 is 4.74 Å². The zero-order chi connectivity index (χ0) is 18.6. The number of rotatable bonds is 3. The molecule has 2 atom stereocenters. The molecule has 1 aromatic carbocycles. The molecule has 1 nitrogen and oxygen atoms in total. The second kappa shape index (κ2) is 6.18. The molecule has 1 fully saturated rings. The zero-order valence-corrected chi connectivity index (χ0v) is 17.4. The summed E-state index contributed by atoms with van der Waals surface area (Å²) in [6.07, 6.45) is 6.52. The smallest absolute Gasteiger partial charge is 0.130 e. The first kappa shape index (κ1) is 18.5. The number of methoxy groups -OCH3 is 1. The molecule has 2 aliphatic carbocycles. The van der Waals surface area contributed by atoms with Crippen LogP contribution in [0.15, 0.2) is 12.6 Å². The summed E-state index contributed by atoms with van der Waals surface area (Å²) in [6, 6.07) is 2.44. The van der Waals surface area contributed by atoms with E-state index in [0.29, 0.717) is 11.3 Å². The van der Waals surface area contributed by atoms with E-state index in [9.17, 15) is 0 Å². The summed E-state index contributed by atoms with van der Waals surface area (Å²) in [5.74, 6) is 2.31. The van der Waals surface area contributed by atoms with Crippen LogP contribution in [-0.2, 0) is 11.8 Å². The van der Waals surface area contributed by atoms with Crippen LogP contribution in [0.25, 0.3) is 5.57 Å². The zero-order valence-electron chi connectivity index (χ0n) is 17.4. The lowest BCUT2D eigenvalue weighted by Crippen LogP contribution is -2.48. The van der Waals surface area contributed by atoms with Crippen LogP contribution in [0.3, 0.4) is 0 Å². The summed E-state index contributed by atoms with van der Waals surface area (Å²) in [4.78, 5) is 0. The third kappa shape index (κ3) is 2.75. The molecule has 0 amide bonds. The summed E-state index contributed by atoms with van der Waals surface area (Å²) in [5, 5.41) is 0. The fraction of sp³-hybridized carbons (Fsp3) is 0.667. The molecule has 25 heavy (non-hydrogen) atoms. The first-order chi connectivity index (χ1) is 11.6. The van der Waals surface area contributed by atoms with Crippen molar-refractivity contribution in [3.8, 4) is 5.75 Å². The number of hydrogen-bond donors (Lipinski definition) is 0. The quantitative estimate of drug-likeness (QED) is 0.582. The van der Waals surface area contributed by atoms with Crippen LogP contribution >= 0.6 is 0 Å². The van der Waals surface area contributed by atoms with Gasteiger partial charge in [0.25, 0.3) is 0 Å². The molecule has 0 N–H and O–H groups in total. The molecular formula is C24H36O. The second-order valence-electron chi connectivity index (χ2n) is 9.68. The normalized spacial score (nSPS) is 27.6. The van der Waals surface area contributed by atoms with Crippen LogP contribution in [0.5, 0.6) is 5.75 Å². The molecule has 1 aromatic rings. The van der Waals surface area contributed by atoms with E-state index >= 15 is 0 Å². The standard InChI is InChI=1S/C24H36O/c1-15(2)18-14-19-17(21(16(3)4)22(18)25-8)10-11-20-23(5,6)12-9-13-24(19,20)7/h14,16,20H,1,9-13H2,2-8H3. The van der Waals surface area contributed by atoms with Crippen LogP contribution in [0, 0.1) is 11.3 Å². The molecule has 0 bridgehead atoms. The van der Waals surface area contributed by atoms with Crippen molar-refractivity contribution >= 4 is 5.57 Å². The van der Waals surface area contributed by atoms with Gasteiger partial charge in [0.2, 0.25) is 0 Å². The Bertz CT molecular complexity index is 695. The van der Waals surface area contributed by atoms with Crippen LogP contribution < -0.4 is 4.74 Å². The van der Waals surface area contributed by atoms with Crippen LogP contribution in [0.2, 0.25) is 0 Å². The summed E-state index contributed by atoms with van der Waals surface area (Å²) < 4.78 is 5.91. The Balaban J connectivity index is 2.30. The van der Waals surface area contributed by atoms with E-state index in [1.54, 1.807) is 11.1 Å². The van der Waals surface area contributed by atoms with E-state index in [4.69, 9.17) is 4.74 Å². The average molecular weight is 341 g/mol. The van der Waals surface area contributed by atoms with Crippen LogP contribution in [0.4, 0.5) is 0 Å². The third-order valence-corrected chi connectivity index (χ3v) is 7.20. The average Bonchev–Trinajstić information content (AvgIpc) is 2.51. The Morgan fingerprint density at radius 2 is 1.92 bits per heavy atom. The molecule has 1 saturated carbocycles. The molecule has 0 saturated heterocycles. The molecule has 0 aromatic heterocycles. The molecule has 2 aliphatic rings. The van der Waals surface area contributed by atoms with E-state index in [2.05, 4.69) is 54.2 Å². The molecule has 0 radical (unpaired) electrons. The molecular weight excluding hydrogens is 304 g/mol. The lowest BCUT2D eigenvalue weighted by molar-refractivity contribution is 0.0404. The first-order valence-electron chi connectivity index (χ1n) is 10.0. The van der Waals surface area contributed by atoms with Gasteiger partial charge in [0.15, 0.2) is 0 Å². The van der Waals surface area contributed by atoms with Crippen molar-refractivity contribution in [2.75, 3.05) is 7.11 Å². The summed E-state index contributed by atoms with van der Waals surface area (Å²) >= 11 is 0. The highest BCUT2D eigenvalue weighted by Gasteiger charge is 2.50. The minimum Gasteiger partial charge on any atom is -0.496 e. The van der Waals surface area contributed by atoms with Crippen molar-refractivity contribution in [2.45, 2.75) is 85.0 Å². The largest absolute Gasteiger partial charge is 0.496 e. The number of allylic oxidation sites excluding steroid dienone is 1. The van der Waals surface area contributed by atoms with E-state index < -0.39 is 0 Å². The maximum absolute atomic E-state index is 5.91. The van der Waals surface area contributed by atoms with Gasteiger partial charge in [-0.2, -0.15) is 0 Å². The summed E-state index contributed by atoms with van der Waals surface area (Å²) in [5.41, 5.74) is 7.66. The van der Waals surface area contributed by atoms with E-state index in [0.717, 1.165) is 17.2 Å². The molecule has 0 heterocycles. The fourth-order valence-corrected chi connectivity index (χ4v) is 6.09.